The number of carbonyl (C=O) groups excluding carboxylic acids is 1. The number of hydrogen-bond acceptors (Lipinski definition) is 3. The lowest BCUT2D eigenvalue weighted by Gasteiger charge is -2.12. The number of hydrogen-bond donors (Lipinski definition) is 1. The van der Waals surface area contributed by atoms with Crippen LogP contribution in [0, 0.1) is 0 Å². The maximum absolute atomic E-state index is 12.6. The molecule has 4 nitrogen and oxygen atoms in total. The van der Waals surface area contributed by atoms with E-state index in [0.717, 1.165) is 23.4 Å². The molecule has 1 amide bonds. The molecule has 0 fully saturated rings. The van der Waals surface area contributed by atoms with Crippen LogP contribution in [0.4, 0.5) is 5.69 Å². The summed E-state index contributed by atoms with van der Waals surface area (Å²) in [6.07, 6.45) is 3.44. The smallest absolute Gasteiger partial charge is 0.255 e. The lowest BCUT2D eigenvalue weighted by atomic mass is 10.1. The molecule has 0 aromatic heterocycles. The molecule has 1 N–H and O–H groups in total. The van der Waals surface area contributed by atoms with Crippen LogP contribution in [0.5, 0.6) is 5.75 Å². The SMILES string of the molecule is CCCCc1ccc(NC(=O)c2ccc(OCC)c(COCC)c2)cc1. The van der Waals surface area contributed by atoms with E-state index in [4.69, 9.17) is 9.47 Å². The molecule has 0 saturated heterocycles. The van der Waals surface area contributed by atoms with Crippen molar-refractivity contribution in [3.8, 4) is 5.75 Å². The van der Waals surface area contributed by atoms with E-state index >= 15 is 0 Å². The summed E-state index contributed by atoms with van der Waals surface area (Å²) < 4.78 is 11.1. The largest absolute Gasteiger partial charge is 0.494 e. The molecule has 2 rings (SSSR count). The first-order valence-corrected chi connectivity index (χ1v) is 9.41. The Morgan fingerprint density at radius 2 is 1.77 bits per heavy atom. The summed E-state index contributed by atoms with van der Waals surface area (Å²) in [5, 5.41) is 2.96. The minimum Gasteiger partial charge on any atom is -0.494 e. The molecule has 0 saturated carbocycles. The van der Waals surface area contributed by atoms with Gasteiger partial charge >= 0.3 is 0 Å². The van der Waals surface area contributed by atoms with Crippen LogP contribution in [-0.2, 0) is 17.8 Å². The summed E-state index contributed by atoms with van der Waals surface area (Å²) in [4.78, 5) is 12.6. The third-order valence-electron chi connectivity index (χ3n) is 4.12. The standard InChI is InChI=1S/C22H29NO3/c1-4-7-8-17-9-12-20(13-10-17)23-22(24)18-11-14-21(26-6-3)19(15-18)16-25-5-2/h9-15H,4-8,16H2,1-3H3,(H,23,24). The molecule has 0 radical (unpaired) electrons. The summed E-state index contributed by atoms with van der Waals surface area (Å²) in [5.41, 5.74) is 3.58. The lowest BCUT2D eigenvalue weighted by Crippen LogP contribution is -2.13. The van der Waals surface area contributed by atoms with Crippen molar-refractivity contribution in [1.29, 1.82) is 0 Å². The van der Waals surface area contributed by atoms with Gasteiger partial charge in [-0.05, 0) is 62.6 Å². The number of rotatable bonds is 10. The van der Waals surface area contributed by atoms with E-state index in [9.17, 15) is 4.79 Å². The zero-order valence-electron chi connectivity index (χ0n) is 16.0. The highest BCUT2D eigenvalue weighted by molar-refractivity contribution is 6.04. The van der Waals surface area contributed by atoms with Crippen LogP contribution >= 0.6 is 0 Å². The molecule has 140 valence electrons. The van der Waals surface area contributed by atoms with Gasteiger partial charge in [0.15, 0.2) is 0 Å². The molecule has 26 heavy (non-hydrogen) atoms. The Kier molecular flexibility index (Phi) is 8.16. The third kappa shape index (κ3) is 5.88. The number of unbranched alkanes of at least 4 members (excludes halogenated alkanes) is 1. The minimum absolute atomic E-state index is 0.132. The van der Waals surface area contributed by atoms with Crippen LogP contribution in [0.3, 0.4) is 0 Å². The first-order chi connectivity index (χ1) is 12.7. The molecular weight excluding hydrogens is 326 g/mol. The maximum Gasteiger partial charge on any atom is 0.255 e. The Bertz CT molecular complexity index is 695. The second kappa shape index (κ2) is 10.6. The van der Waals surface area contributed by atoms with Gasteiger partial charge in [-0.15, -0.1) is 0 Å². The molecule has 2 aromatic rings. The predicted octanol–water partition coefficient (Wildman–Crippen LogP) is 5.22. The Morgan fingerprint density at radius 1 is 1.00 bits per heavy atom. The van der Waals surface area contributed by atoms with Crippen molar-refractivity contribution in [2.75, 3.05) is 18.5 Å². The lowest BCUT2D eigenvalue weighted by molar-refractivity contribution is 0.102. The van der Waals surface area contributed by atoms with Crippen molar-refractivity contribution < 1.29 is 14.3 Å². The molecule has 0 spiro atoms. The fourth-order valence-corrected chi connectivity index (χ4v) is 2.68. The van der Waals surface area contributed by atoms with Crippen molar-refractivity contribution in [2.45, 2.75) is 46.6 Å². The third-order valence-corrected chi connectivity index (χ3v) is 4.12. The summed E-state index contributed by atoms with van der Waals surface area (Å²) in [5.74, 6) is 0.630. The van der Waals surface area contributed by atoms with E-state index in [1.807, 2.05) is 38.1 Å². The minimum atomic E-state index is -0.132. The average molecular weight is 355 g/mol. The maximum atomic E-state index is 12.6. The zero-order chi connectivity index (χ0) is 18.8. The van der Waals surface area contributed by atoms with Gasteiger partial charge in [0, 0.05) is 23.4 Å². The average Bonchev–Trinajstić information content (AvgIpc) is 2.66. The quantitative estimate of drug-likeness (QED) is 0.636. The molecule has 0 aliphatic carbocycles. The molecular formula is C22H29NO3. The van der Waals surface area contributed by atoms with Crippen LogP contribution in [0.15, 0.2) is 42.5 Å². The van der Waals surface area contributed by atoms with Crippen molar-refractivity contribution in [3.05, 3.63) is 59.2 Å². The van der Waals surface area contributed by atoms with Gasteiger partial charge in [-0.2, -0.15) is 0 Å². The van der Waals surface area contributed by atoms with Gasteiger partial charge in [-0.25, -0.2) is 0 Å². The van der Waals surface area contributed by atoms with Gasteiger partial charge in [0.2, 0.25) is 0 Å². The summed E-state index contributed by atoms with van der Waals surface area (Å²) in [6.45, 7) is 7.70. The second-order valence-corrected chi connectivity index (χ2v) is 6.15. The molecule has 0 unspecified atom stereocenters. The van der Waals surface area contributed by atoms with Gasteiger partial charge in [0.05, 0.1) is 13.2 Å². The van der Waals surface area contributed by atoms with E-state index in [2.05, 4.69) is 24.4 Å². The number of carbonyl (C=O) groups is 1. The molecule has 0 atom stereocenters. The van der Waals surface area contributed by atoms with Gasteiger partial charge in [0.1, 0.15) is 5.75 Å². The fraction of sp³-hybridized carbons (Fsp3) is 0.409. The monoisotopic (exact) mass is 355 g/mol. The number of ether oxygens (including phenoxy) is 2. The first-order valence-electron chi connectivity index (χ1n) is 9.41. The molecule has 2 aromatic carbocycles. The Morgan fingerprint density at radius 3 is 2.42 bits per heavy atom. The van der Waals surface area contributed by atoms with Crippen molar-refractivity contribution >= 4 is 11.6 Å². The molecule has 0 bridgehead atoms. The normalized spacial score (nSPS) is 10.6. The van der Waals surface area contributed by atoms with Crippen molar-refractivity contribution in [3.63, 3.8) is 0 Å². The number of amides is 1. The van der Waals surface area contributed by atoms with Gasteiger partial charge in [-0.1, -0.05) is 25.5 Å². The highest BCUT2D eigenvalue weighted by Crippen LogP contribution is 2.22. The highest BCUT2D eigenvalue weighted by atomic mass is 16.5. The second-order valence-electron chi connectivity index (χ2n) is 6.15. The van der Waals surface area contributed by atoms with Crippen LogP contribution < -0.4 is 10.1 Å². The Labute approximate surface area is 156 Å². The molecule has 0 heterocycles. The highest BCUT2D eigenvalue weighted by Gasteiger charge is 2.11. The van der Waals surface area contributed by atoms with Crippen molar-refractivity contribution in [2.24, 2.45) is 0 Å². The van der Waals surface area contributed by atoms with E-state index < -0.39 is 0 Å². The Balaban J connectivity index is 2.08. The number of aryl methyl sites for hydroxylation is 1. The number of benzene rings is 2. The fourth-order valence-electron chi connectivity index (χ4n) is 2.68. The Hall–Kier alpha value is -2.33. The van der Waals surface area contributed by atoms with Gasteiger partial charge in [0.25, 0.3) is 5.91 Å². The zero-order valence-corrected chi connectivity index (χ0v) is 16.0. The van der Waals surface area contributed by atoms with Crippen molar-refractivity contribution in [1.82, 2.24) is 0 Å². The van der Waals surface area contributed by atoms with Crippen LogP contribution in [0.25, 0.3) is 0 Å². The summed E-state index contributed by atoms with van der Waals surface area (Å²) in [6, 6.07) is 13.5. The molecule has 0 aliphatic rings. The number of nitrogens with one attached hydrogen (secondary N) is 1. The summed E-state index contributed by atoms with van der Waals surface area (Å²) >= 11 is 0. The van der Waals surface area contributed by atoms with Crippen LogP contribution in [0.1, 0.15) is 55.1 Å². The van der Waals surface area contributed by atoms with E-state index in [1.54, 1.807) is 6.07 Å². The topological polar surface area (TPSA) is 47.6 Å². The van der Waals surface area contributed by atoms with E-state index in [1.165, 1.54) is 18.4 Å². The number of anilines is 1. The van der Waals surface area contributed by atoms with E-state index in [0.29, 0.717) is 25.4 Å². The van der Waals surface area contributed by atoms with Gasteiger partial charge in [-0.3, -0.25) is 4.79 Å². The first kappa shape index (κ1) is 20.0. The van der Waals surface area contributed by atoms with Crippen LogP contribution in [-0.4, -0.2) is 19.1 Å². The molecule has 0 aliphatic heterocycles. The molecule has 4 heteroatoms. The van der Waals surface area contributed by atoms with Gasteiger partial charge < -0.3 is 14.8 Å². The van der Waals surface area contributed by atoms with E-state index in [-0.39, 0.29) is 5.91 Å². The summed E-state index contributed by atoms with van der Waals surface area (Å²) in [7, 11) is 0. The van der Waals surface area contributed by atoms with Crippen LogP contribution in [0.2, 0.25) is 0 Å². The predicted molar refractivity (Wildman–Crippen MR) is 106 cm³/mol.